The van der Waals surface area contributed by atoms with Crippen LogP contribution in [-0.2, 0) is 13.6 Å². The normalized spacial score (nSPS) is 15.8. The molecule has 0 spiro atoms. The Kier molecular flexibility index (Phi) is 7.11. The largest absolute Gasteiger partial charge is 0.472 e. The van der Waals surface area contributed by atoms with Gasteiger partial charge in [-0.15, -0.1) is 6.58 Å². The number of rotatable bonds is 9. The van der Waals surface area contributed by atoms with Gasteiger partial charge in [0.1, 0.15) is 13.2 Å². The third kappa shape index (κ3) is 10.3. The number of nitrogens with zero attached hydrogens (tertiary/aromatic N) is 1. The lowest BCUT2D eigenvalue weighted by Gasteiger charge is -2.23. The van der Waals surface area contributed by atoms with E-state index in [2.05, 4.69) is 6.58 Å². The second-order valence-electron chi connectivity index (χ2n) is 4.58. The monoisotopic (exact) mass is 252 g/mol. The van der Waals surface area contributed by atoms with Crippen molar-refractivity contribution in [1.29, 1.82) is 0 Å². The standard InChI is InChI=1S/C10H22NO4P/c1-5-6-7-9-14-16(12,13)15-10-8-11(2,3)4/h5H,1,6-10H2,2-4H3/p+1. The molecule has 0 fully saturated rings. The van der Waals surface area contributed by atoms with Gasteiger partial charge in [-0.2, -0.15) is 0 Å². The minimum Gasteiger partial charge on any atom is -0.329 e. The van der Waals surface area contributed by atoms with Crippen molar-refractivity contribution in [2.45, 2.75) is 12.8 Å². The summed E-state index contributed by atoms with van der Waals surface area (Å²) < 4.78 is 21.6. The van der Waals surface area contributed by atoms with E-state index in [0.717, 1.165) is 6.42 Å². The third-order valence-corrected chi connectivity index (χ3v) is 2.84. The molecule has 96 valence electrons. The van der Waals surface area contributed by atoms with E-state index < -0.39 is 7.82 Å². The van der Waals surface area contributed by atoms with Crippen LogP contribution in [0.2, 0.25) is 0 Å². The highest BCUT2D eigenvalue weighted by Gasteiger charge is 2.21. The topological polar surface area (TPSA) is 55.8 Å². The highest BCUT2D eigenvalue weighted by atomic mass is 31.2. The Bertz CT molecular complexity index is 250. The first kappa shape index (κ1) is 15.8. The molecule has 0 saturated heterocycles. The second-order valence-corrected chi connectivity index (χ2v) is 6.03. The number of likely N-dealkylation sites (N-methyl/N-ethyl adjacent to an activating group) is 1. The molecule has 6 heteroatoms. The molecule has 0 saturated carbocycles. The van der Waals surface area contributed by atoms with Crippen LogP contribution in [-0.4, -0.2) is 50.3 Å². The van der Waals surface area contributed by atoms with Gasteiger partial charge in [0.15, 0.2) is 0 Å². The predicted octanol–water partition coefficient (Wildman–Crippen LogP) is 1.79. The summed E-state index contributed by atoms with van der Waals surface area (Å²) in [4.78, 5) is 9.29. The maximum atomic E-state index is 11.3. The van der Waals surface area contributed by atoms with Gasteiger partial charge < -0.3 is 9.38 Å². The summed E-state index contributed by atoms with van der Waals surface area (Å²) in [5.41, 5.74) is 0. The minimum absolute atomic E-state index is 0.207. The molecule has 0 aromatic carbocycles. The summed E-state index contributed by atoms with van der Waals surface area (Å²) in [6.07, 6.45) is 3.18. The van der Waals surface area contributed by atoms with Gasteiger partial charge in [-0.3, -0.25) is 9.05 Å². The molecule has 0 aliphatic carbocycles. The first-order chi connectivity index (χ1) is 7.27. The van der Waals surface area contributed by atoms with E-state index in [-0.39, 0.29) is 13.2 Å². The highest BCUT2D eigenvalue weighted by Crippen LogP contribution is 2.43. The minimum atomic E-state index is -3.86. The summed E-state index contributed by atoms with van der Waals surface area (Å²) in [5, 5.41) is 0. The molecule has 1 atom stereocenters. The Morgan fingerprint density at radius 2 is 1.88 bits per heavy atom. The van der Waals surface area contributed by atoms with Crippen molar-refractivity contribution in [2.75, 3.05) is 40.9 Å². The van der Waals surface area contributed by atoms with E-state index in [0.29, 0.717) is 17.4 Å². The van der Waals surface area contributed by atoms with Crippen molar-refractivity contribution in [1.82, 2.24) is 0 Å². The van der Waals surface area contributed by atoms with Crippen molar-refractivity contribution in [3.05, 3.63) is 12.7 Å². The number of hydrogen-bond acceptors (Lipinski definition) is 3. The van der Waals surface area contributed by atoms with Crippen molar-refractivity contribution >= 4 is 7.82 Å². The molecule has 1 N–H and O–H groups in total. The number of phosphoric ester groups is 1. The van der Waals surface area contributed by atoms with E-state index in [9.17, 15) is 9.46 Å². The van der Waals surface area contributed by atoms with Gasteiger partial charge in [0.05, 0.1) is 27.7 Å². The van der Waals surface area contributed by atoms with Crippen LogP contribution in [0.5, 0.6) is 0 Å². The predicted molar refractivity (Wildman–Crippen MR) is 64.1 cm³/mol. The van der Waals surface area contributed by atoms with Gasteiger partial charge >= 0.3 is 7.82 Å². The van der Waals surface area contributed by atoms with Gasteiger partial charge in [-0.25, -0.2) is 4.57 Å². The Hall–Kier alpha value is -0.190. The number of hydrogen-bond donors (Lipinski definition) is 1. The van der Waals surface area contributed by atoms with Crippen LogP contribution in [0.4, 0.5) is 0 Å². The fraction of sp³-hybridized carbons (Fsp3) is 0.800. The van der Waals surface area contributed by atoms with Crippen LogP contribution in [0.1, 0.15) is 12.8 Å². The first-order valence-electron chi connectivity index (χ1n) is 5.30. The molecule has 0 radical (unpaired) electrons. The number of phosphoric acid groups is 1. The van der Waals surface area contributed by atoms with Crippen LogP contribution in [0, 0.1) is 0 Å². The van der Waals surface area contributed by atoms with Crippen LogP contribution >= 0.6 is 7.82 Å². The lowest BCUT2D eigenvalue weighted by molar-refractivity contribution is -0.870. The van der Waals surface area contributed by atoms with Gasteiger partial charge in [0.25, 0.3) is 0 Å². The molecular formula is C10H23NO4P+. The van der Waals surface area contributed by atoms with Crippen molar-refractivity contribution in [3.63, 3.8) is 0 Å². The molecule has 0 aliphatic rings. The Morgan fingerprint density at radius 1 is 1.31 bits per heavy atom. The molecule has 16 heavy (non-hydrogen) atoms. The van der Waals surface area contributed by atoms with Gasteiger partial charge in [0.2, 0.25) is 0 Å². The highest BCUT2D eigenvalue weighted by molar-refractivity contribution is 7.47. The Balaban J connectivity index is 3.70. The van der Waals surface area contributed by atoms with Gasteiger partial charge in [-0.1, -0.05) is 6.08 Å². The van der Waals surface area contributed by atoms with E-state index in [1.165, 1.54) is 0 Å². The smallest absolute Gasteiger partial charge is 0.329 e. The average molecular weight is 252 g/mol. The molecule has 0 rings (SSSR count). The molecule has 0 aromatic heterocycles. The van der Waals surface area contributed by atoms with Crippen molar-refractivity contribution in [3.8, 4) is 0 Å². The first-order valence-corrected chi connectivity index (χ1v) is 6.79. The molecule has 0 bridgehead atoms. The summed E-state index contributed by atoms with van der Waals surface area (Å²) >= 11 is 0. The van der Waals surface area contributed by atoms with Crippen LogP contribution in [0.15, 0.2) is 12.7 Å². The van der Waals surface area contributed by atoms with Crippen LogP contribution in [0.25, 0.3) is 0 Å². The van der Waals surface area contributed by atoms with E-state index in [1.54, 1.807) is 6.08 Å². The van der Waals surface area contributed by atoms with Gasteiger partial charge in [0, 0.05) is 0 Å². The van der Waals surface area contributed by atoms with E-state index in [4.69, 9.17) is 9.05 Å². The fourth-order valence-electron chi connectivity index (χ4n) is 0.875. The van der Waals surface area contributed by atoms with Crippen LogP contribution in [0.3, 0.4) is 0 Å². The maximum absolute atomic E-state index is 11.3. The lowest BCUT2D eigenvalue weighted by Crippen LogP contribution is -2.37. The average Bonchev–Trinajstić information content (AvgIpc) is 2.10. The molecular weight excluding hydrogens is 229 g/mol. The Labute approximate surface area is 97.9 Å². The quantitative estimate of drug-likeness (QED) is 0.294. The number of quaternary nitrogens is 1. The fourth-order valence-corrected chi connectivity index (χ4v) is 1.62. The second kappa shape index (κ2) is 7.20. The SMILES string of the molecule is C=CCCCOP(=O)(O)OCC[N+](C)(C)C. The molecule has 0 aromatic rings. The Morgan fingerprint density at radius 3 is 2.38 bits per heavy atom. The van der Waals surface area contributed by atoms with Crippen LogP contribution < -0.4 is 0 Å². The zero-order chi connectivity index (χ0) is 12.7. The number of allylic oxidation sites excluding steroid dienone is 1. The summed E-state index contributed by atoms with van der Waals surface area (Å²) in [5.74, 6) is 0. The summed E-state index contributed by atoms with van der Waals surface area (Å²) in [6, 6.07) is 0. The lowest BCUT2D eigenvalue weighted by atomic mass is 10.3. The summed E-state index contributed by atoms with van der Waals surface area (Å²) in [6.45, 7) is 4.62. The van der Waals surface area contributed by atoms with E-state index >= 15 is 0 Å². The summed E-state index contributed by atoms with van der Waals surface area (Å²) in [7, 11) is 2.09. The zero-order valence-electron chi connectivity index (χ0n) is 10.4. The van der Waals surface area contributed by atoms with Crippen molar-refractivity contribution in [2.24, 2.45) is 0 Å². The molecule has 0 amide bonds. The maximum Gasteiger partial charge on any atom is 0.472 e. The zero-order valence-corrected chi connectivity index (χ0v) is 11.3. The molecule has 0 heterocycles. The third-order valence-electron chi connectivity index (χ3n) is 1.82. The van der Waals surface area contributed by atoms with Crippen molar-refractivity contribution < 1.29 is 23.0 Å². The molecule has 0 aliphatic heterocycles. The van der Waals surface area contributed by atoms with E-state index in [1.807, 2.05) is 21.1 Å². The molecule has 5 nitrogen and oxygen atoms in total. The number of unbranched alkanes of at least 4 members (excludes halogenated alkanes) is 1. The van der Waals surface area contributed by atoms with Gasteiger partial charge in [-0.05, 0) is 12.8 Å². The molecule has 1 unspecified atom stereocenters.